The Morgan fingerprint density at radius 2 is 1.24 bits per heavy atom. The van der Waals surface area contributed by atoms with Crippen LogP contribution in [-0.2, 0) is 40.6 Å². The molecule has 4 aromatic carbocycles. The molecular formula is C41H46N2O8. The van der Waals surface area contributed by atoms with Gasteiger partial charge in [-0.1, -0.05) is 97.9 Å². The maximum Gasteiger partial charge on any atom is 0.362 e. The maximum absolute atomic E-state index is 13.9. The van der Waals surface area contributed by atoms with Crippen molar-refractivity contribution in [1.29, 1.82) is 0 Å². The van der Waals surface area contributed by atoms with Crippen LogP contribution in [0.25, 0.3) is 11.0 Å². The molecule has 1 heterocycles. The first kappa shape index (κ1) is 37.5. The SMILES string of the molecule is COCO[C@@H](Cn1c(=O)c(C(=O)OC)nc2cc(C)c(C)cc21)[C@H](C)[C@@H](COC(c1ccccc1)(c1ccccc1)c1ccccc1)OCOC. The van der Waals surface area contributed by atoms with Crippen LogP contribution in [-0.4, -0.2) is 69.3 Å². The third-order valence-corrected chi connectivity index (χ3v) is 9.28. The molecule has 0 radical (unpaired) electrons. The molecule has 0 saturated carbocycles. The molecular weight excluding hydrogens is 648 g/mol. The molecule has 0 aliphatic carbocycles. The van der Waals surface area contributed by atoms with Gasteiger partial charge in [0.25, 0.3) is 5.56 Å². The first-order chi connectivity index (χ1) is 24.7. The number of rotatable bonds is 17. The average molecular weight is 695 g/mol. The van der Waals surface area contributed by atoms with Crippen LogP contribution in [0.3, 0.4) is 0 Å². The number of fused-ring (bicyclic) bond motifs is 1. The lowest BCUT2D eigenvalue weighted by Crippen LogP contribution is -2.44. The fraction of sp³-hybridized carbons (Fsp3) is 0.341. The largest absolute Gasteiger partial charge is 0.464 e. The van der Waals surface area contributed by atoms with Gasteiger partial charge in [0.2, 0.25) is 5.69 Å². The maximum atomic E-state index is 13.9. The van der Waals surface area contributed by atoms with E-state index in [1.807, 2.05) is 87.5 Å². The molecule has 5 rings (SSSR count). The summed E-state index contributed by atoms with van der Waals surface area (Å²) in [5, 5.41) is 0. The highest BCUT2D eigenvalue weighted by atomic mass is 16.7. The van der Waals surface area contributed by atoms with Gasteiger partial charge < -0.3 is 33.0 Å². The minimum absolute atomic E-state index is 0.00648. The molecule has 0 N–H and O–H groups in total. The number of esters is 1. The third-order valence-electron chi connectivity index (χ3n) is 9.28. The van der Waals surface area contributed by atoms with Gasteiger partial charge in [-0.05, 0) is 53.8 Å². The fourth-order valence-electron chi connectivity index (χ4n) is 6.34. The lowest BCUT2D eigenvalue weighted by Gasteiger charge is -2.38. The van der Waals surface area contributed by atoms with Crippen molar-refractivity contribution in [3.05, 3.63) is 147 Å². The van der Waals surface area contributed by atoms with E-state index in [0.717, 1.165) is 27.8 Å². The quantitative estimate of drug-likeness (QED) is 0.0619. The molecule has 0 bridgehead atoms. The van der Waals surface area contributed by atoms with Gasteiger partial charge in [-0.25, -0.2) is 9.78 Å². The Morgan fingerprint density at radius 3 is 1.73 bits per heavy atom. The summed E-state index contributed by atoms with van der Waals surface area (Å²) in [5.74, 6) is -1.20. The molecule has 5 aromatic rings. The number of carbonyl (C=O) groups is 1. The minimum Gasteiger partial charge on any atom is -0.464 e. The highest BCUT2D eigenvalue weighted by Gasteiger charge is 2.40. The average Bonchev–Trinajstić information content (AvgIpc) is 3.17. The molecule has 10 nitrogen and oxygen atoms in total. The summed E-state index contributed by atoms with van der Waals surface area (Å²) in [6, 6.07) is 34.0. The second-order valence-electron chi connectivity index (χ2n) is 12.5. The van der Waals surface area contributed by atoms with Crippen molar-refractivity contribution < 1.29 is 33.2 Å². The standard InChI is InChI=1S/C41H46N2O8/c1-28-22-34-35(23-29(28)2)43(39(44)38(42-34)40(45)48-6)24-36(49-26-46-4)30(3)37(50-27-47-5)25-51-41(31-16-10-7-11-17-31,32-18-12-8-13-19-32)33-20-14-9-15-21-33/h7-23,30,36-37H,24-27H2,1-6H3/t30-,36-,37+/m0/s1. The zero-order chi connectivity index (χ0) is 36.4. The number of hydrogen-bond acceptors (Lipinski definition) is 9. The topological polar surface area (TPSA) is 107 Å². The van der Waals surface area contributed by atoms with E-state index in [-0.39, 0.29) is 32.4 Å². The van der Waals surface area contributed by atoms with Crippen LogP contribution < -0.4 is 5.56 Å². The van der Waals surface area contributed by atoms with Crippen molar-refractivity contribution in [2.75, 3.05) is 41.5 Å². The van der Waals surface area contributed by atoms with Crippen LogP contribution in [0.1, 0.15) is 45.2 Å². The monoisotopic (exact) mass is 694 g/mol. The highest BCUT2D eigenvalue weighted by Crippen LogP contribution is 2.41. The van der Waals surface area contributed by atoms with Gasteiger partial charge >= 0.3 is 5.97 Å². The second kappa shape index (κ2) is 17.5. The Balaban J connectivity index is 1.58. The zero-order valence-electron chi connectivity index (χ0n) is 30.0. The van der Waals surface area contributed by atoms with Gasteiger partial charge in [0.15, 0.2) is 0 Å². The Morgan fingerprint density at radius 1 is 0.745 bits per heavy atom. The van der Waals surface area contributed by atoms with E-state index in [9.17, 15) is 9.59 Å². The number of hydrogen-bond donors (Lipinski definition) is 0. The summed E-state index contributed by atoms with van der Waals surface area (Å²) in [6.07, 6.45) is -1.24. The Hall–Kier alpha value is -4.71. The van der Waals surface area contributed by atoms with E-state index in [0.29, 0.717) is 11.0 Å². The van der Waals surface area contributed by atoms with Crippen LogP contribution in [0, 0.1) is 19.8 Å². The van der Waals surface area contributed by atoms with Gasteiger partial charge in [-0.2, -0.15) is 0 Å². The van der Waals surface area contributed by atoms with Crippen molar-refractivity contribution >= 4 is 17.0 Å². The molecule has 0 aliphatic rings. The molecule has 10 heteroatoms. The van der Waals surface area contributed by atoms with Crippen LogP contribution in [0.4, 0.5) is 0 Å². The van der Waals surface area contributed by atoms with Gasteiger partial charge in [0, 0.05) is 20.1 Å². The van der Waals surface area contributed by atoms with E-state index in [4.69, 9.17) is 28.4 Å². The van der Waals surface area contributed by atoms with E-state index in [2.05, 4.69) is 41.4 Å². The Labute approximate surface area is 298 Å². The molecule has 1 aromatic heterocycles. The smallest absolute Gasteiger partial charge is 0.362 e. The van der Waals surface area contributed by atoms with E-state index in [1.54, 1.807) is 7.11 Å². The lowest BCUT2D eigenvalue weighted by atomic mass is 9.80. The van der Waals surface area contributed by atoms with Crippen molar-refractivity contribution in [2.45, 2.75) is 45.1 Å². The molecule has 0 aliphatic heterocycles. The van der Waals surface area contributed by atoms with Crippen molar-refractivity contribution in [2.24, 2.45) is 5.92 Å². The number of nitrogens with zero attached hydrogens (tertiary/aromatic N) is 2. The first-order valence-electron chi connectivity index (χ1n) is 16.9. The van der Waals surface area contributed by atoms with Crippen LogP contribution in [0.5, 0.6) is 0 Å². The molecule has 0 amide bonds. The highest BCUT2D eigenvalue weighted by molar-refractivity contribution is 5.89. The number of ether oxygens (including phenoxy) is 6. The van der Waals surface area contributed by atoms with Gasteiger partial charge in [0.1, 0.15) is 19.2 Å². The van der Waals surface area contributed by atoms with E-state index < -0.39 is 35.3 Å². The van der Waals surface area contributed by atoms with Crippen molar-refractivity contribution in [1.82, 2.24) is 9.55 Å². The fourth-order valence-corrected chi connectivity index (χ4v) is 6.34. The van der Waals surface area contributed by atoms with Crippen LogP contribution in [0.15, 0.2) is 108 Å². The number of carbonyl (C=O) groups excluding carboxylic acids is 1. The molecule has 0 saturated heterocycles. The van der Waals surface area contributed by atoms with Crippen LogP contribution >= 0.6 is 0 Å². The molecule has 0 unspecified atom stereocenters. The summed E-state index contributed by atoms with van der Waals surface area (Å²) < 4.78 is 37.0. The predicted octanol–water partition coefficient (Wildman–Crippen LogP) is 6.42. The summed E-state index contributed by atoms with van der Waals surface area (Å²) >= 11 is 0. The van der Waals surface area contributed by atoms with E-state index >= 15 is 0 Å². The van der Waals surface area contributed by atoms with Crippen LogP contribution in [0.2, 0.25) is 0 Å². The number of aromatic nitrogens is 2. The normalized spacial score (nSPS) is 13.5. The third kappa shape index (κ3) is 8.27. The number of aryl methyl sites for hydroxylation is 2. The van der Waals surface area contributed by atoms with Crippen molar-refractivity contribution in [3.8, 4) is 0 Å². The molecule has 0 spiro atoms. The van der Waals surface area contributed by atoms with Gasteiger partial charge in [-0.15, -0.1) is 0 Å². The van der Waals surface area contributed by atoms with E-state index in [1.165, 1.54) is 18.8 Å². The van der Waals surface area contributed by atoms with Gasteiger partial charge in [0.05, 0.1) is 43.5 Å². The lowest BCUT2D eigenvalue weighted by molar-refractivity contribution is -0.166. The molecule has 268 valence electrons. The number of benzene rings is 4. The molecule has 3 atom stereocenters. The summed E-state index contributed by atoms with van der Waals surface area (Å²) in [6.45, 7) is 6.02. The minimum atomic E-state index is -0.996. The zero-order valence-corrected chi connectivity index (χ0v) is 30.0. The Kier molecular flexibility index (Phi) is 12.9. The molecule has 0 fully saturated rings. The van der Waals surface area contributed by atoms with Crippen molar-refractivity contribution in [3.63, 3.8) is 0 Å². The second-order valence-corrected chi connectivity index (χ2v) is 12.5. The van der Waals surface area contributed by atoms with Gasteiger partial charge in [-0.3, -0.25) is 4.79 Å². The summed E-state index contributed by atoms with van der Waals surface area (Å²) in [4.78, 5) is 31.1. The summed E-state index contributed by atoms with van der Waals surface area (Å²) in [7, 11) is 4.32. The Bertz CT molecular complexity index is 1840. The predicted molar refractivity (Wildman–Crippen MR) is 195 cm³/mol. The summed E-state index contributed by atoms with van der Waals surface area (Å²) in [5.41, 5.74) is 3.96. The number of methoxy groups -OCH3 is 3. The first-order valence-corrected chi connectivity index (χ1v) is 16.9. The molecule has 51 heavy (non-hydrogen) atoms.